The van der Waals surface area contributed by atoms with Crippen molar-refractivity contribution in [1.29, 1.82) is 0 Å². The highest BCUT2D eigenvalue weighted by Gasteiger charge is 2.45. The Morgan fingerprint density at radius 2 is 1.61 bits per heavy atom. The van der Waals surface area contributed by atoms with Crippen molar-refractivity contribution in [2.45, 2.75) is 53.5 Å². The van der Waals surface area contributed by atoms with Crippen LogP contribution in [0.5, 0.6) is 0 Å². The number of carbonyl (C=O) groups is 2. The van der Waals surface area contributed by atoms with Gasteiger partial charge in [-0.05, 0) is 94.5 Å². The van der Waals surface area contributed by atoms with E-state index >= 15 is 0 Å². The summed E-state index contributed by atoms with van der Waals surface area (Å²) in [6, 6.07) is 14.4. The zero-order valence-electron chi connectivity index (χ0n) is 24.5. The smallest absolute Gasteiger partial charge is 0.242 e. The normalized spacial score (nSPS) is 14.0. The fourth-order valence-corrected chi connectivity index (χ4v) is 5.14. The van der Waals surface area contributed by atoms with E-state index < -0.39 is 5.41 Å². The maximum Gasteiger partial charge on any atom is 0.242 e. The molecule has 4 rings (SSSR count). The summed E-state index contributed by atoms with van der Waals surface area (Å²) in [4.78, 5) is 40.9. The predicted molar refractivity (Wildman–Crippen MR) is 174 cm³/mol. The van der Waals surface area contributed by atoms with E-state index in [1.165, 1.54) is 11.1 Å². The number of benzene rings is 1. The summed E-state index contributed by atoms with van der Waals surface area (Å²) in [6.07, 6.45) is 8.39. The van der Waals surface area contributed by atoms with Gasteiger partial charge in [0.25, 0.3) is 0 Å². The van der Waals surface area contributed by atoms with Crippen LogP contribution in [0.2, 0.25) is 0 Å². The Bertz CT molecular complexity index is 1290. The van der Waals surface area contributed by atoms with Crippen molar-refractivity contribution < 1.29 is 9.59 Å². The standard InChI is InChI=1S/C31H39N5O2.3ClH/c1-6-36-27-14-13-24(20-28(27)34(5)29(37)31(3,4)30(36)38)11-9-18-35(19-15-25-10-7-16-32-21-25)22-26-12-8-17-33-23(26)2;;;/h7-8,10,12-14,16-17,20-21H,6,9,11,15,18-19,22H2,1-5H3;3*1H. The van der Waals surface area contributed by atoms with Gasteiger partial charge in [-0.1, -0.05) is 18.2 Å². The van der Waals surface area contributed by atoms with Crippen molar-refractivity contribution in [1.82, 2.24) is 14.9 Å². The molecule has 10 heteroatoms. The van der Waals surface area contributed by atoms with Crippen LogP contribution in [0.15, 0.2) is 61.1 Å². The molecule has 0 atom stereocenters. The lowest BCUT2D eigenvalue weighted by atomic mass is 9.90. The van der Waals surface area contributed by atoms with Crippen molar-refractivity contribution in [2.24, 2.45) is 5.41 Å². The Labute approximate surface area is 263 Å². The molecule has 2 amide bonds. The summed E-state index contributed by atoms with van der Waals surface area (Å²) >= 11 is 0. The highest BCUT2D eigenvalue weighted by molar-refractivity contribution is 6.19. The summed E-state index contributed by atoms with van der Waals surface area (Å²) in [5.41, 5.74) is 5.21. The van der Waals surface area contributed by atoms with Crippen LogP contribution in [0.25, 0.3) is 0 Å². The summed E-state index contributed by atoms with van der Waals surface area (Å²) in [5, 5.41) is 0. The first kappa shape index (κ1) is 36.3. The number of aromatic nitrogens is 2. The molecule has 41 heavy (non-hydrogen) atoms. The van der Waals surface area contributed by atoms with Gasteiger partial charge in [0.15, 0.2) is 0 Å². The number of fused-ring (bicyclic) bond motifs is 1. The molecule has 0 N–H and O–H groups in total. The molecule has 0 radical (unpaired) electrons. The first-order valence-corrected chi connectivity index (χ1v) is 13.5. The van der Waals surface area contributed by atoms with E-state index in [-0.39, 0.29) is 49.0 Å². The van der Waals surface area contributed by atoms with Gasteiger partial charge in [-0.25, -0.2) is 0 Å². The van der Waals surface area contributed by atoms with E-state index in [9.17, 15) is 9.59 Å². The number of halogens is 3. The number of hydrogen-bond acceptors (Lipinski definition) is 5. The maximum absolute atomic E-state index is 13.2. The van der Waals surface area contributed by atoms with Gasteiger partial charge < -0.3 is 9.80 Å². The Kier molecular flexibility index (Phi) is 14.2. The average molecular weight is 623 g/mol. The lowest BCUT2D eigenvalue weighted by Crippen LogP contribution is -2.47. The number of carbonyl (C=O) groups excluding carboxylic acids is 2. The van der Waals surface area contributed by atoms with Crippen molar-refractivity contribution in [3.8, 4) is 0 Å². The molecule has 224 valence electrons. The second-order valence-corrected chi connectivity index (χ2v) is 10.6. The van der Waals surface area contributed by atoms with Crippen LogP contribution in [0.1, 0.15) is 49.6 Å². The summed E-state index contributed by atoms with van der Waals surface area (Å²) in [6.45, 7) is 10.7. The molecule has 0 saturated heterocycles. The molecule has 7 nitrogen and oxygen atoms in total. The predicted octanol–water partition coefficient (Wildman–Crippen LogP) is 6.08. The topological polar surface area (TPSA) is 69.6 Å². The Morgan fingerprint density at radius 1 is 0.878 bits per heavy atom. The van der Waals surface area contributed by atoms with Crippen LogP contribution in [0.3, 0.4) is 0 Å². The molecule has 0 bridgehead atoms. The minimum absolute atomic E-state index is 0. The number of rotatable bonds is 10. The quantitative estimate of drug-likeness (QED) is 0.256. The van der Waals surface area contributed by atoms with Gasteiger partial charge in [-0.2, -0.15) is 0 Å². The zero-order valence-corrected chi connectivity index (χ0v) is 27.0. The van der Waals surface area contributed by atoms with Gasteiger partial charge in [0.2, 0.25) is 11.8 Å². The molecule has 2 aromatic heterocycles. The van der Waals surface area contributed by atoms with Crippen LogP contribution in [0.4, 0.5) is 11.4 Å². The molecule has 0 saturated carbocycles. The molecule has 0 fully saturated rings. The van der Waals surface area contributed by atoms with E-state index in [1.54, 1.807) is 30.7 Å². The highest BCUT2D eigenvalue weighted by Crippen LogP contribution is 2.38. The fraction of sp³-hybridized carbons (Fsp3) is 0.419. The van der Waals surface area contributed by atoms with Gasteiger partial charge >= 0.3 is 0 Å². The third-order valence-corrected chi connectivity index (χ3v) is 7.52. The van der Waals surface area contributed by atoms with E-state index in [0.717, 1.165) is 61.5 Å². The molecule has 3 aromatic rings. The SMILES string of the molecule is CCN1C(=O)C(C)(C)C(=O)N(C)c2cc(CCCN(CCc3cccnc3)Cc3cccnc3C)ccc21.Cl.Cl.Cl. The average Bonchev–Trinajstić information content (AvgIpc) is 2.97. The summed E-state index contributed by atoms with van der Waals surface area (Å²) in [7, 11) is 1.77. The van der Waals surface area contributed by atoms with Gasteiger partial charge in [-0.15, -0.1) is 37.2 Å². The number of nitrogens with zero attached hydrogens (tertiary/aromatic N) is 5. The van der Waals surface area contributed by atoms with Crippen molar-refractivity contribution >= 4 is 60.4 Å². The third kappa shape index (κ3) is 8.41. The Balaban J connectivity index is 0.00000280. The minimum atomic E-state index is -1.09. The Hall–Kier alpha value is -2.71. The molecular weight excluding hydrogens is 581 g/mol. The minimum Gasteiger partial charge on any atom is -0.313 e. The molecule has 0 unspecified atom stereocenters. The molecule has 3 heterocycles. The first-order valence-electron chi connectivity index (χ1n) is 13.5. The van der Waals surface area contributed by atoms with Crippen molar-refractivity contribution in [3.63, 3.8) is 0 Å². The number of amides is 2. The second-order valence-electron chi connectivity index (χ2n) is 10.6. The van der Waals surface area contributed by atoms with Crippen LogP contribution < -0.4 is 9.80 Å². The van der Waals surface area contributed by atoms with E-state index in [0.29, 0.717) is 6.54 Å². The largest absolute Gasteiger partial charge is 0.313 e. The number of pyridine rings is 2. The highest BCUT2D eigenvalue weighted by atomic mass is 35.5. The molecule has 1 aliphatic rings. The molecule has 1 aliphatic heterocycles. The number of hydrogen-bond donors (Lipinski definition) is 0. The van der Waals surface area contributed by atoms with E-state index in [2.05, 4.69) is 46.1 Å². The number of aryl methyl sites for hydroxylation is 2. The first-order chi connectivity index (χ1) is 18.2. The fourth-order valence-electron chi connectivity index (χ4n) is 5.14. The summed E-state index contributed by atoms with van der Waals surface area (Å²) < 4.78 is 0. The zero-order chi connectivity index (χ0) is 27.3. The summed E-state index contributed by atoms with van der Waals surface area (Å²) in [5.74, 6) is -0.330. The number of anilines is 2. The third-order valence-electron chi connectivity index (χ3n) is 7.52. The monoisotopic (exact) mass is 621 g/mol. The van der Waals surface area contributed by atoms with Crippen LogP contribution in [0, 0.1) is 12.3 Å². The lowest BCUT2D eigenvalue weighted by Gasteiger charge is -2.27. The van der Waals surface area contributed by atoms with Crippen molar-refractivity contribution in [3.05, 3.63) is 83.4 Å². The van der Waals surface area contributed by atoms with Crippen LogP contribution >= 0.6 is 37.2 Å². The van der Waals surface area contributed by atoms with E-state index in [4.69, 9.17) is 0 Å². The van der Waals surface area contributed by atoms with Gasteiger partial charge in [0, 0.05) is 51.0 Å². The molecule has 0 spiro atoms. The molecule has 0 aliphatic carbocycles. The lowest BCUT2D eigenvalue weighted by molar-refractivity contribution is -0.137. The van der Waals surface area contributed by atoms with Crippen molar-refractivity contribution in [2.75, 3.05) is 36.5 Å². The Morgan fingerprint density at radius 3 is 2.27 bits per heavy atom. The van der Waals surface area contributed by atoms with Gasteiger partial charge in [0.05, 0.1) is 11.4 Å². The molecular formula is C31H42Cl3N5O2. The van der Waals surface area contributed by atoms with Gasteiger partial charge in [0.1, 0.15) is 5.41 Å². The van der Waals surface area contributed by atoms with Crippen LogP contribution in [-0.2, 0) is 29.0 Å². The van der Waals surface area contributed by atoms with E-state index in [1.807, 2.05) is 43.7 Å². The second kappa shape index (κ2) is 16.1. The van der Waals surface area contributed by atoms with Gasteiger partial charge in [-0.3, -0.25) is 24.5 Å². The van der Waals surface area contributed by atoms with Crippen LogP contribution in [-0.4, -0.2) is 53.4 Å². The maximum atomic E-state index is 13.2. The molecule has 1 aromatic carbocycles.